The molecule has 1 N–H and O–H groups in total. The van der Waals surface area contributed by atoms with Crippen molar-refractivity contribution in [3.8, 4) is 0 Å². The fourth-order valence-corrected chi connectivity index (χ4v) is 0.194. The monoisotopic (exact) mass is 118 g/mol. The van der Waals surface area contributed by atoms with E-state index in [-0.39, 0.29) is 0 Å². The van der Waals surface area contributed by atoms with E-state index in [1.807, 2.05) is 0 Å². The minimum Gasteiger partial charge on any atom is -0.385 e. The lowest BCUT2D eigenvalue weighted by Gasteiger charge is -2.12. The first-order chi connectivity index (χ1) is 3.12. The van der Waals surface area contributed by atoms with Crippen molar-refractivity contribution < 1.29 is 5.11 Å². The van der Waals surface area contributed by atoms with Crippen LogP contribution in [-0.2, 0) is 0 Å². The van der Waals surface area contributed by atoms with Crippen LogP contribution in [0.25, 0.3) is 0 Å². The van der Waals surface area contributed by atoms with E-state index < -0.39 is 5.60 Å². The molecule has 7 heavy (non-hydrogen) atoms. The molecule has 0 aliphatic rings. The summed E-state index contributed by atoms with van der Waals surface area (Å²) >= 11 is 3.86. The van der Waals surface area contributed by atoms with E-state index in [1.54, 1.807) is 6.92 Å². The Labute approximate surface area is 49.5 Å². The highest BCUT2D eigenvalue weighted by Crippen LogP contribution is 2.04. The Bertz CT molecular complexity index is 68.5. The van der Waals surface area contributed by atoms with E-state index in [2.05, 4.69) is 19.2 Å². The molecule has 0 bridgehead atoms. The summed E-state index contributed by atoms with van der Waals surface area (Å²) < 4.78 is 0. The van der Waals surface area contributed by atoms with Gasteiger partial charge in [0.1, 0.15) is 0 Å². The molecule has 0 aromatic carbocycles. The summed E-state index contributed by atoms with van der Waals surface area (Å²) in [4.78, 5) is 0. The summed E-state index contributed by atoms with van der Waals surface area (Å²) in [6, 6.07) is 0. The van der Waals surface area contributed by atoms with E-state index in [9.17, 15) is 0 Å². The average molecular weight is 118 g/mol. The van der Waals surface area contributed by atoms with E-state index in [1.165, 1.54) is 6.08 Å². The summed E-state index contributed by atoms with van der Waals surface area (Å²) in [7, 11) is 0. The van der Waals surface area contributed by atoms with Crippen molar-refractivity contribution >= 4 is 12.6 Å². The molecular formula is C5H10OS. The lowest BCUT2D eigenvalue weighted by molar-refractivity contribution is 0.139. The van der Waals surface area contributed by atoms with Gasteiger partial charge < -0.3 is 5.11 Å². The van der Waals surface area contributed by atoms with Crippen molar-refractivity contribution in [1.29, 1.82) is 0 Å². The molecule has 42 valence electrons. The SMILES string of the molecule is C=CC(C)(O)CS. The quantitative estimate of drug-likeness (QED) is 0.407. The molecule has 0 saturated heterocycles. The molecular weight excluding hydrogens is 108 g/mol. The molecule has 0 aromatic heterocycles. The molecule has 0 aliphatic heterocycles. The first-order valence-corrected chi connectivity index (χ1v) is 2.72. The van der Waals surface area contributed by atoms with E-state index in [0.29, 0.717) is 5.75 Å². The second-order valence-corrected chi connectivity index (χ2v) is 2.04. The minimum atomic E-state index is -0.789. The Morgan fingerprint density at radius 3 is 2.43 bits per heavy atom. The van der Waals surface area contributed by atoms with Crippen molar-refractivity contribution in [2.45, 2.75) is 12.5 Å². The van der Waals surface area contributed by atoms with Crippen LogP contribution in [0.5, 0.6) is 0 Å². The van der Waals surface area contributed by atoms with Crippen LogP contribution in [-0.4, -0.2) is 16.5 Å². The molecule has 1 nitrogen and oxygen atoms in total. The Hall–Kier alpha value is 0.0500. The summed E-state index contributed by atoms with van der Waals surface area (Å²) in [5, 5.41) is 8.94. The number of aliphatic hydroxyl groups is 1. The first kappa shape index (κ1) is 7.05. The zero-order valence-corrected chi connectivity index (χ0v) is 5.28. The van der Waals surface area contributed by atoms with Crippen LogP contribution in [0.1, 0.15) is 6.92 Å². The molecule has 1 unspecified atom stereocenters. The van der Waals surface area contributed by atoms with Gasteiger partial charge in [-0.1, -0.05) is 6.08 Å². The fourth-order valence-electron chi connectivity index (χ4n) is 0.0645. The van der Waals surface area contributed by atoms with Gasteiger partial charge in [0.25, 0.3) is 0 Å². The lowest BCUT2D eigenvalue weighted by Crippen LogP contribution is -2.21. The fraction of sp³-hybridized carbons (Fsp3) is 0.600. The molecule has 0 aliphatic carbocycles. The maximum Gasteiger partial charge on any atom is 0.0884 e. The molecule has 0 amide bonds. The van der Waals surface area contributed by atoms with Crippen LogP contribution in [0, 0.1) is 0 Å². The maximum absolute atomic E-state index is 8.94. The van der Waals surface area contributed by atoms with Crippen LogP contribution in [0.15, 0.2) is 12.7 Å². The second-order valence-electron chi connectivity index (χ2n) is 1.72. The lowest BCUT2D eigenvalue weighted by atomic mass is 10.1. The Morgan fingerprint density at radius 2 is 2.43 bits per heavy atom. The van der Waals surface area contributed by atoms with E-state index >= 15 is 0 Å². The van der Waals surface area contributed by atoms with Gasteiger partial charge in [0.15, 0.2) is 0 Å². The minimum absolute atomic E-state index is 0.427. The number of hydrogen-bond donors (Lipinski definition) is 2. The van der Waals surface area contributed by atoms with Gasteiger partial charge in [-0.2, -0.15) is 12.6 Å². The van der Waals surface area contributed by atoms with Crippen molar-refractivity contribution in [2.75, 3.05) is 5.75 Å². The van der Waals surface area contributed by atoms with Crippen molar-refractivity contribution in [3.05, 3.63) is 12.7 Å². The zero-order chi connectivity index (χ0) is 5.91. The maximum atomic E-state index is 8.94. The molecule has 1 atom stereocenters. The third-order valence-corrected chi connectivity index (χ3v) is 1.40. The van der Waals surface area contributed by atoms with Gasteiger partial charge in [0.05, 0.1) is 5.60 Å². The number of hydrogen-bond acceptors (Lipinski definition) is 2. The summed E-state index contributed by atoms with van der Waals surface area (Å²) in [6.45, 7) is 5.06. The third-order valence-electron chi connectivity index (χ3n) is 0.760. The zero-order valence-electron chi connectivity index (χ0n) is 4.39. The van der Waals surface area contributed by atoms with Crippen LogP contribution < -0.4 is 0 Å². The second kappa shape index (κ2) is 2.38. The molecule has 0 fully saturated rings. The van der Waals surface area contributed by atoms with E-state index in [4.69, 9.17) is 5.11 Å². The van der Waals surface area contributed by atoms with Gasteiger partial charge in [0, 0.05) is 5.75 Å². The number of thiol groups is 1. The van der Waals surface area contributed by atoms with Crippen LogP contribution >= 0.6 is 12.6 Å². The highest BCUT2D eigenvalue weighted by Gasteiger charge is 2.10. The third kappa shape index (κ3) is 2.71. The molecule has 2 heteroatoms. The molecule has 0 rings (SSSR count). The topological polar surface area (TPSA) is 20.2 Å². The molecule has 0 spiro atoms. The smallest absolute Gasteiger partial charge is 0.0884 e. The highest BCUT2D eigenvalue weighted by molar-refractivity contribution is 7.80. The molecule has 0 radical (unpaired) electrons. The standard InChI is InChI=1S/C5H10OS/c1-3-5(2,6)4-7/h3,6-7H,1,4H2,2H3. The molecule has 0 aromatic rings. The van der Waals surface area contributed by atoms with Crippen LogP contribution in [0.3, 0.4) is 0 Å². The summed E-state index contributed by atoms with van der Waals surface area (Å²) in [5.74, 6) is 0.427. The van der Waals surface area contributed by atoms with Crippen molar-refractivity contribution in [2.24, 2.45) is 0 Å². The van der Waals surface area contributed by atoms with Gasteiger partial charge in [-0.15, -0.1) is 6.58 Å². The predicted octanol–water partition coefficient (Wildman–Crippen LogP) is 0.853. The Kier molecular flexibility index (Phi) is 2.40. The predicted molar refractivity (Wildman–Crippen MR) is 34.7 cm³/mol. The van der Waals surface area contributed by atoms with Gasteiger partial charge in [-0.3, -0.25) is 0 Å². The van der Waals surface area contributed by atoms with Crippen molar-refractivity contribution in [3.63, 3.8) is 0 Å². The van der Waals surface area contributed by atoms with Crippen LogP contribution in [0.2, 0.25) is 0 Å². The first-order valence-electron chi connectivity index (χ1n) is 2.09. The Morgan fingerprint density at radius 1 is 2.00 bits per heavy atom. The van der Waals surface area contributed by atoms with Gasteiger partial charge in [-0.25, -0.2) is 0 Å². The highest BCUT2D eigenvalue weighted by atomic mass is 32.1. The van der Waals surface area contributed by atoms with Gasteiger partial charge >= 0.3 is 0 Å². The summed E-state index contributed by atoms with van der Waals surface area (Å²) in [6.07, 6.45) is 1.47. The largest absolute Gasteiger partial charge is 0.385 e. The Balaban J connectivity index is 3.58. The number of rotatable bonds is 2. The average Bonchev–Trinajstić information content (AvgIpc) is 1.68. The van der Waals surface area contributed by atoms with Gasteiger partial charge in [-0.05, 0) is 6.92 Å². The molecule has 0 saturated carbocycles. The molecule has 0 heterocycles. The van der Waals surface area contributed by atoms with Crippen LogP contribution in [0.4, 0.5) is 0 Å². The van der Waals surface area contributed by atoms with Gasteiger partial charge in [0.2, 0.25) is 0 Å². The van der Waals surface area contributed by atoms with Crippen molar-refractivity contribution in [1.82, 2.24) is 0 Å². The van der Waals surface area contributed by atoms with E-state index in [0.717, 1.165) is 0 Å². The summed E-state index contributed by atoms with van der Waals surface area (Å²) in [5.41, 5.74) is -0.789. The normalized spacial score (nSPS) is 18.1.